The zero-order valence-electron chi connectivity index (χ0n) is 12.4. The first-order valence-electron chi connectivity index (χ1n) is 6.76. The average Bonchev–Trinajstić information content (AvgIpc) is 2.53. The van der Waals surface area contributed by atoms with Gasteiger partial charge in [-0.3, -0.25) is 9.78 Å². The molecule has 0 bridgehead atoms. The van der Waals surface area contributed by atoms with Crippen molar-refractivity contribution in [3.63, 3.8) is 0 Å². The Balaban J connectivity index is 2.17. The highest BCUT2D eigenvalue weighted by Crippen LogP contribution is 2.27. The van der Waals surface area contributed by atoms with E-state index in [0.29, 0.717) is 5.56 Å². The van der Waals surface area contributed by atoms with Gasteiger partial charge in [-0.15, -0.1) is 0 Å². The molecule has 7 heteroatoms. The summed E-state index contributed by atoms with van der Waals surface area (Å²) in [6.45, 7) is 1.74. The van der Waals surface area contributed by atoms with Gasteiger partial charge in [0.25, 0.3) is 5.91 Å². The van der Waals surface area contributed by atoms with Crippen LogP contribution < -0.4 is 0 Å². The van der Waals surface area contributed by atoms with Gasteiger partial charge < -0.3 is 4.90 Å². The number of hydrogen-bond donors (Lipinski definition) is 0. The number of hydrogen-bond acceptors (Lipinski definition) is 2. The lowest BCUT2D eigenvalue weighted by Gasteiger charge is -2.25. The molecule has 1 heterocycles. The minimum Gasteiger partial charge on any atom is -0.335 e. The van der Waals surface area contributed by atoms with E-state index in [9.17, 15) is 22.4 Å². The van der Waals surface area contributed by atoms with Gasteiger partial charge in [0.15, 0.2) is 0 Å². The van der Waals surface area contributed by atoms with Crippen molar-refractivity contribution >= 4 is 5.91 Å². The zero-order chi connectivity index (χ0) is 17.2. The molecule has 1 aromatic carbocycles. The molecular formula is C16H14F4N2O. The molecule has 1 unspecified atom stereocenters. The first kappa shape index (κ1) is 16.9. The van der Waals surface area contributed by atoms with Gasteiger partial charge in [0.2, 0.25) is 0 Å². The highest BCUT2D eigenvalue weighted by atomic mass is 19.4. The van der Waals surface area contributed by atoms with Crippen molar-refractivity contribution in [3.05, 3.63) is 65.2 Å². The summed E-state index contributed by atoms with van der Waals surface area (Å²) in [4.78, 5) is 17.0. The molecule has 122 valence electrons. The van der Waals surface area contributed by atoms with Crippen LogP contribution in [0, 0.1) is 5.82 Å². The number of carbonyl (C=O) groups excluding carboxylic acids is 1. The molecule has 0 radical (unpaired) electrons. The fraction of sp³-hybridized carbons (Fsp3) is 0.250. The van der Waals surface area contributed by atoms with Crippen molar-refractivity contribution in [1.82, 2.24) is 9.88 Å². The monoisotopic (exact) mass is 326 g/mol. The standard InChI is InChI=1S/C16H14F4N2O/c1-10(11-3-6-13(17)7-4-11)22(2)15(23)12-5-8-14(21-9-12)16(18,19)20/h3-10H,1-2H3. The van der Waals surface area contributed by atoms with Gasteiger partial charge in [0.1, 0.15) is 11.5 Å². The molecule has 0 aliphatic heterocycles. The highest BCUT2D eigenvalue weighted by molar-refractivity contribution is 5.94. The first-order chi connectivity index (χ1) is 10.7. The summed E-state index contributed by atoms with van der Waals surface area (Å²) >= 11 is 0. The van der Waals surface area contributed by atoms with Gasteiger partial charge in [-0.2, -0.15) is 13.2 Å². The number of amides is 1. The van der Waals surface area contributed by atoms with E-state index in [4.69, 9.17) is 0 Å². The van der Waals surface area contributed by atoms with E-state index in [0.717, 1.165) is 18.3 Å². The predicted molar refractivity (Wildman–Crippen MR) is 76.1 cm³/mol. The Morgan fingerprint density at radius 3 is 2.22 bits per heavy atom. The third kappa shape index (κ3) is 3.85. The van der Waals surface area contributed by atoms with E-state index < -0.39 is 17.8 Å². The van der Waals surface area contributed by atoms with Crippen LogP contribution in [0.2, 0.25) is 0 Å². The molecule has 0 fully saturated rings. The molecule has 0 saturated heterocycles. The second kappa shape index (κ2) is 6.36. The van der Waals surface area contributed by atoms with Crippen molar-refractivity contribution < 1.29 is 22.4 Å². The third-order valence-electron chi connectivity index (χ3n) is 3.55. The number of rotatable bonds is 3. The zero-order valence-corrected chi connectivity index (χ0v) is 12.4. The van der Waals surface area contributed by atoms with Gasteiger partial charge in [0.05, 0.1) is 11.6 Å². The Morgan fingerprint density at radius 1 is 1.13 bits per heavy atom. The summed E-state index contributed by atoms with van der Waals surface area (Å²) in [5, 5.41) is 0. The van der Waals surface area contributed by atoms with E-state index in [1.54, 1.807) is 19.1 Å². The number of carbonyl (C=O) groups is 1. The third-order valence-corrected chi connectivity index (χ3v) is 3.55. The summed E-state index contributed by atoms with van der Waals surface area (Å²) in [6, 6.07) is 7.15. The normalized spacial score (nSPS) is 12.8. The van der Waals surface area contributed by atoms with Gasteiger partial charge in [-0.1, -0.05) is 12.1 Å². The molecule has 0 aliphatic rings. The lowest BCUT2D eigenvalue weighted by molar-refractivity contribution is -0.141. The van der Waals surface area contributed by atoms with E-state index in [2.05, 4.69) is 4.98 Å². The molecule has 0 N–H and O–H groups in total. The van der Waals surface area contributed by atoms with Gasteiger partial charge in [-0.05, 0) is 36.8 Å². The van der Waals surface area contributed by atoms with Crippen LogP contribution in [0.3, 0.4) is 0 Å². The highest BCUT2D eigenvalue weighted by Gasteiger charge is 2.32. The molecular weight excluding hydrogens is 312 g/mol. The molecule has 3 nitrogen and oxygen atoms in total. The van der Waals surface area contributed by atoms with Crippen LogP contribution >= 0.6 is 0 Å². The molecule has 1 aromatic heterocycles. The van der Waals surface area contributed by atoms with Crippen LogP contribution in [-0.4, -0.2) is 22.8 Å². The number of nitrogens with zero attached hydrogens (tertiary/aromatic N) is 2. The van der Waals surface area contributed by atoms with Crippen LogP contribution in [0.4, 0.5) is 17.6 Å². The molecule has 1 atom stereocenters. The Kier molecular flexibility index (Phi) is 4.68. The quantitative estimate of drug-likeness (QED) is 0.797. The Labute approximate surface area is 130 Å². The maximum absolute atomic E-state index is 12.9. The topological polar surface area (TPSA) is 33.2 Å². The summed E-state index contributed by atoms with van der Waals surface area (Å²) in [7, 11) is 1.52. The maximum atomic E-state index is 12.9. The lowest BCUT2D eigenvalue weighted by Crippen LogP contribution is -2.29. The number of halogens is 4. The molecule has 0 spiro atoms. The summed E-state index contributed by atoms with van der Waals surface area (Å²) in [5.74, 6) is -0.857. The smallest absolute Gasteiger partial charge is 0.335 e. The van der Waals surface area contributed by atoms with Crippen LogP contribution in [0.25, 0.3) is 0 Å². The second-order valence-corrected chi connectivity index (χ2v) is 5.07. The lowest BCUT2D eigenvalue weighted by atomic mass is 10.1. The summed E-state index contributed by atoms with van der Waals surface area (Å²) < 4.78 is 50.3. The SMILES string of the molecule is CC(c1ccc(F)cc1)N(C)C(=O)c1ccc(C(F)(F)F)nc1. The minimum absolute atomic E-state index is 0.0504. The van der Waals surface area contributed by atoms with Crippen molar-refractivity contribution in [2.75, 3.05) is 7.05 Å². The van der Waals surface area contributed by atoms with Gasteiger partial charge >= 0.3 is 6.18 Å². The van der Waals surface area contributed by atoms with Gasteiger partial charge in [-0.25, -0.2) is 4.39 Å². The Bertz CT molecular complexity index is 681. The van der Waals surface area contributed by atoms with Gasteiger partial charge in [0, 0.05) is 13.2 Å². The second-order valence-electron chi connectivity index (χ2n) is 5.07. The number of benzene rings is 1. The predicted octanol–water partition coefficient (Wildman–Crippen LogP) is 4.07. The molecule has 2 rings (SSSR count). The van der Waals surface area contributed by atoms with E-state index >= 15 is 0 Å². The van der Waals surface area contributed by atoms with Crippen molar-refractivity contribution in [3.8, 4) is 0 Å². The largest absolute Gasteiger partial charge is 0.433 e. The number of pyridine rings is 1. The van der Waals surface area contributed by atoms with Crippen LogP contribution in [-0.2, 0) is 6.18 Å². The molecule has 0 saturated carbocycles. The molecule has 23 heavy (non-hydrogen) atoms. The molecule has 2 aromatic rings. The maximum Gasteiger partial charge on any atom is 0.433 e. The number of alkyl halides is 3. The van der Waals surface area contributed by atoms with Crippen molar-refractivity contribution in [2.45, 2.75) is 19.1 Å². The van der Waals surface area contributed by atoms with Crippen molar-refractivity contribution in [2.24, 2.45) is 0 Å². The molecule has 1 amide bonds. The van der Waals surface area contributed by atoms with E-state index in [1.165, 1.54) is 24.1 Å². The minimum atomic E-state index is -4.55. The summed E-state index contributed by atoms with van der Waals surface area (Å²) in [5.41, 5.74) is -0.292. The fourth-order valence-corrected chi connectivity index (χ4v) is 2.03. The van der Waals surface area contributed by atoms with Crippen LogP contribution in [0.5, 0.6) is 0 Å². The van der Waals surface area contributed by atoms with Crippen molar-refractivity contribution in [1.29, 1.82) is 0 Å². The Morgan fingerprint density at radius 2 is 1.74 bits per heavy atom. The first-order valence-corrected chi connectivity index (χ1v) is 6.76. The summed E-state index contributed by atoms with van der Waals surface area (Å²) in [6.07, 6.45) is -3.64. The van der Waals surface area contributed by atoms with Crippen LogP contribution in [0.1, 0.15) is 34.6 Å². The number of aromatic nitrogens is 1. The average molecular weight is 326 g/mol. The van der Waals surface area contributed by atoms with E-state index in [-0.39, 0.29) is 17.4 Å². The van der Waals surface area contributed by atoms with Crippen LogP contribution in [0.15, 0.2) is 42.6 Å². The molecule has 0 aliphatic carbocycles. The fourth-order valence-electron chi connectivity index (χ4n) is 2.03. The Hall–Kier alpha value is -2.44. The van der Waals surface area contributed by atoms with E-state index in [1.807, 2.05) is 0 Å².